The van der Waals surface area contributed by atoms with Crippen LogP contribution in [0.2, 0.25) is 0 Å². The number of Topliss-reactive ketones (excluding diaryl/α,β-unsaturated/α-hetero) is 1. The highest BCUT2D eigenvalue weighted by Crippen LogP contribution is 2.51. The van der Waals surface area contributed by atoms with Crippen molar-refractivity contribution in [3.8, 4) is 0 Å². The molecule has 0 aromatic carbocycles. The molecule has 0 aromatic rings. The average molecular weight is 234 g/mol. The van der Waals surface area contributed by atoms with Gasteiger partial charge in [-0.1, -0.05) is 24.6 Å². The largest absolute Gasteiger partial charge is 0.385 e. The van der Waals surface area contributed by atoms with Gasteiger partial charge in [-0.15, -0.1) is 0 Å². The van der Waals surface area contributed by atoms with Gasteiger partial charge < -0.3 is 5.11 Å². The first-order valence-electron chi connectivity index (χ1n) is 6.43. The molecular formula is C15H22O2. The maximum Gasteiger partial charge on any atom is 0.186 e. The quantitative estimate of drug-likeness (QED) is 0.708. The molecular weight excluding hydrogens is 212 g/mol. The Morgan fingerprint density at radius 1 is 1.53 bits per heavy atom. The van der Waals surface area contributed by atoms with Crippen molar-refractivity contribution in [1.29, 1.82) is 0 Å². The fraction of sp³-hybridized carbons (Fsp3) is 0.667. The summed E-state index contributed by atoms with van der Waals surface area (Å²) in [4.78, 5) is 11.9. The minimum atomic E-state index is -0.787. The third kappa shape index (κ3) is 1.99. The van der Waals surface area contributed by atoms with Crippen LogP contribution < -0.4 is 0 Å². The average Bonchev–Trinajstić information content (AvgIpc) is 2.25. The molecule has 2 aliphatic rings. The van der Waals surface area contributed by atoms with Crippen LogP contribution in [0, 0.1) is 11.3 Å². The van der Waals surface area contributed by atoms with Gasteiger partial charge in [-0.3, -0.25) is 4.79 Å². The standard InChI is InChI=1S/C15H22O2/c1-9(2)11-5-6-15(4)8-13(16)14(17)10(3)12(15)7-11/h11,13,16H,1,5-8H2,2-4H3. The number of carbonyl (C=O) groups excluding carboxylic acids is 1. The number of hydrogen-bond acceptors (Lipinski definition) is 2. The van der Waals surface area contributed by atoms with Gasteiger partial charge in [-0.25, -0.2) is 0 Å². The zero-order valence-electron chi connectivity index (χ0n) is 11.0. The highest BCUT2D eigenvalue weighted by Gasteiger charge is 2.43. The molecule has 0 bridgehead atoms. The Kier molecular flexibility index (Phi) is 3.03. The Morgan fingerprint density at radius 3 is 2.76 bits per heavy atom. The lowest BCUT2D eigenvalue weighted by Gasteiger charge is -2.45. The van der Waals surface area contributed by atoms with Crippen molar-refractivity contribution in [1.82, 2.24) is 0 Å². The van der Waals surface area contributed by atoms with Crippen molar-refractivity contribution in [2.75, 3.05) is 0 Å². The van der Waals surface area contributed by atoms with E-state index in [2.05, 4.69) is 20.4 Å². The Labute approximate surface area is 103 Å². The van der Waals surface area contributed by atoms with E-state index in [0.29, 0.717) is 12.3 Å². The van der Waals surface area contributed by atoms with E-state index in [1.165, 1.54) is 11.1 Å². The second-order valence-electron chi connectivity index (χ2n) is 6.03. The van der Waals surface area contributed by atoms with Crippen LogP contribution in [0.5, 0.6) is 0 Å². The van der Waals surface area contributed by atoms with E-state index in [-0.39, 0.29) is 11.2 Å². The summed E-state index contributed by atoms with van der Waals surface area (Å²) in [6.45, 7) is 10.2. The van der Waals surface area contributed by atoms with Crippen molar-refractivity contribution in [3.05, 3.63) is 23.3 Å². The van der Waals surface area contributed by atoms with Gasteiger partial charge >= 0.3 is 0 Å². The summed E-state index contributed by atoms with van der Waals surface area (Å²) < 4.78 is 0. The fourth-order valence-electron chi connectivity index (χ4n) is 3.41. The van der Waals surface area contributed by atoms with Crippen molar-refractivity contribution in [2.24, 2.45) is 11.3 Å². The van der Waals surface area contributed by atoms with E-state index >= 15 is 0 Å². The van der Waals surface area contributed by atoms with E-state index < -0.39 is 6.10 Å². The second kappa shape index (κ2) is 4.09. The summed E-state index contributed by atoms with van der Waals surface area (Å²) in [5.74, 6) is 0.441. The van der Waals surface area contributed by atoms with Crippen molar-refractivity contribution in [3.63, 3.8) is 0 Å². The summed E-state index contributed by atoms with van der Waals surface area (Å²) in [6.07, 6.45) is 2.95. The van der Waals surface area contributed by atoms with E-state index in [1.807, 2.05) is 6.92 Å². The summed E-state index contributed by atoms with van der Waals surface area (Å²) in [5.41, 5.74) is 3.32. The first kappa shape index (κ1) is 12.6. The first-order chi connectivity index (χ1) is 7.85. The summed E-state index contributed by atoms with van der Waals surface area (Å²) >= 11 is 0. The van der Waals surface area contributed by atoms with Crippen LogP contribution in [0.25, 0.3) is 0 Å². The lowest BCUT2D eigenvalue weighted by molar-refractivity contribution is -0.126. The van der Waals surface area contributed by atoms with Crippen LogP contribution >= 0.6 is 0 Å². The molecule has 0 saturated heterocycles. The zero-order valence-corrected chi connectivity index (χ0v) is 11.0. The van der Waals surface area contributed by atoms with Crippen LogP contribution in [0.4, 0.5) is 0 Å². The fourth-order valence-corrected chi connectivity index (χ4v) is 3.41. The second-order valence-corrected chi connectivity index (χ2v) is 6.03. The maximum absolute atomic E-state index is 11.9. The molecule has 1 N–H and O–H groups in total. The third-order valence-electron chi connectivity index (χ3n) is 4.69. The summed E-state index contributed by atoms with van der Waals surface area (Å²) in [6, 6.07) is 0. The van der Waals surface area contributed by atoms with Gasteiger partial charge in [0.1, 0.15) is 6.10 Å². The topological polar surface area (TPSA) is 37.3 Å². The number of carbonyl (C=O) groups is 1. The summed E-state index contributed by atoms with van der Waals surface area (Å²) in [7, 11) is 0. The van der Waals surface area contributed by atoms with Crippen LogP contribution in [0.3, 0.4) is 0 Å². The lowest BCUT2D eigenvalue weighted by atomic mass is 9.60. The van der Waals surface area contributed by atoms with Gasteiger partial charge in [0.25, 0.3) is 0 Å². The van der Waals surface area contributed by atoms with Gasteiger partial charge in [0.2, 0.25) is 0 Å². The summed E-state index contributed by atoms with van der Waals surface area (Å²) in [5, 5.41) is 9.83. The molecule has 17 heavy (non-hydrogen) atoms. The number of aliphatic hydroxyl groups excluding tert-OH is 1. The van der Waals surface area contributed by atoms with E-state index in [4.69, 9.17) is 0 Å². The number of ketones is 1. The predicted octanol–water partition coefficient (Wildman–Crippen LogP) is 3.02. The van der Waals surface area contributed by atoms with Gasteiger partial charge in [0.15, 0.2) is 5.78 Å². The number of hydrogen-bond donors (Lipinski definition) is 1. The Balaban J connectivity index is 2.38. The molecule has 0 radical (unpaired) electrons. The predicted molar refractivity (Wildman–Crippen MR) is 68.6 cm³/mol. The van der Waals surface area contributed by atoms with Gasteiger partial charge in [0.05, 0.1) is 0 Å². The van der Waals surface area contributed by atoms with Crippen molar-refractivity contribution >= 4 is 5.78 Å². The van der Waals surface area contributed by atoms with Gasteiger partial charge in [-0.05, 0) is 56.4 Å². The van der Waals surface area contributed by atoms with E-state index in [1.54, 1.807) is 0 Å². The van der Waals surface area contributed by atoms with Crippen LogP contribution in [-0.4, -0.2) is 17.0 Å². The van der Waals surface area contributed by atoms with Crippen LogP contribution in [0.15, 0.2) is 23.3 Å². The minimum absolute atomic E-state index is 0.0311. The van der Waals surface area contributed by atoms with E-state index in [0.717, 1.165) is 24.8 Å². The lowest BCUT2D eigenvalue weighted by Crippen LogP contribution is -2.40. The molecule has 2 heteroatoms. The molecule has 3 atom stereocenters. The molecule has 94 valence electrons. The van der Waals surface area contributed by atoms with Gasteiger partial charge in [0, 0.05) is 0 Å². The van der Waals surface area contributed by atoms with Gasteiger partial charge in [-0.2, -0.15) is 0 Å². The smallest absolute Gasteiger partial charge is 0.186 e. The molecule has 2 rings (SSSR count). The molecule has 1 saturated carbocycles. The molecule has 2 nitrogen and oxygen atoms in total. The molecule has 0 amide bonds. The molecule has 1 fully saturated rings. The molecule has 0 heterocycles. The normalized spacial score (nSPS) is 38.0. The Bertz CT molecular complexity index is 405. The van der Waals surface area contributed by atoms with Crippen molar-refractivity contribution < 1.29 is 9.90 Å². The number of rotatable bonds is 1. The zero-order chi connectivity index (χ0) is 12.8. The SMILES string of the molecule is C=C(C)C1CCC2(C)CC(O)C(=O)C(C)=C2C1. The Hall–Kier alpha value is -0.890. The molecule has 0 aromatic heterocycles. The molecule has 2 aliphatic carbocycles. The monoisotopic (exact) mass is 234 g/mol. The first-order valence-corrected chi connectivity index (χ1v) is 6.43. The highest BCUT2D eigenvalue weighted by atomic mass is 16.3. The van der Waals surface area contributed by atoms with Crippen molar-refractivity contribution in [2.45, 2.75) is 52.6 Å². The highest BCUT2D eigenvalue weighted by molar-refractivity contribution is 6.00. The maximum atomic E-state index is 11.9. The number of aliphatic hydroxyl groups is 1. The third-order valence-corrected chi connectivity index (χ3v) is 4.69. The molecule has 0 aliphatic heterocycles. The Morgan fingerprint density at radius 2 is 2.18 bits per heavy atom. The number of fused-ring (bicyclic) bond motifs is 1. The van der Waals surface area contributed by atoms with E-state index in [9.17, 15) is 9.90 Å². The van der Waals surface area contributed by atoms with Crippen LogP contribution in [-0.2, 0) is 4.79 Å². The molecule has 0 spiro atoms. The molecule has 3 unspecified atom stereocenters. The van der Waals surface area contributed by atoms with Crippen LogP contribution in [0.1, 0.15) is 46.5 Å². The minimum Gasteiger partial charge on any atom is -0.385 e. The number of allylic oxidation sites excluding steroid dienone is 2.